The highest BCUT2D eigenvalue weighted by Gasteiger charge is 2.33. The van der Waals surface area contributed by atoms with Crippen molar-refractivity contribution in [3.05, 3.63) is 88.6 Å². The molecule has 0 spiro atoms. The van der Waals surface area contributed by atoms with Crippen LogP contribution >= 0.6 is 0 Å². The molecule has 0 N–H and O–H groups in total. The lowest BCUT2D eigenvalue weighted by molar-refractivity contribution is -0.140. The summed E-state index contributed by atoms with van der Waals surface area (Å²) >= 11 is 0. The van der Waals surface area contributed by atoms with E-state index in [-0.39, 0.29) is 29.6 Å². The number of pyridine rings is 1. The molecule has 2 aromatic carbocycles. The van der Waals surface area contributed by atoms with Gasteiger partial charge in [0.2, 0.25) is 5.88 Å². The van der Waals surface area contributed by atoms with E-state index in [9.17, 15) is 22.8 Å². The number of carbonyl (C=O) groups is 2. The smallest absolute Gasteiger partial charge is 0.417 e. The standard InChI is InChI=1S/C28H28F3NO5/c1-18-15-23(11-9-20(18)10-12-25(33)35-3)36-14-13-19(2)37-27-24(16-22(17-32-27)28(29,30)31)26(34)21-7-5-4-6-8-21/h4-9,11,15-17,19H,10,12-14H2,1-3H3/t19-/m0/s1. The van der Waals surface area contributed by atoms with Crippen molar-refractivity contribution < 1.29 is 37.0 Å². The number of carbonyl (C=O) groups excluding carboxylic acids is 2. The fraction of sp³-hybridized carbons (Fsp3) is 0.321. The van der Waals surface area contributed by atoms with Gasteiger partial charge in [-0.2, -0.15) is 13.2 Å². The Morgan fingerprint density at radius 2 is 1.78 bits per heavy atom. The number of aromatic nitrogens is 1. The zero-order chi connectivity index (χ0) is 27.0. The van der Waals surface area contributed by atoms with E-state index < -0.39 is 23.6 Å². The van der Waals surface area contributed by atoms with Gasteiger partial charge in [0.05, 0.1) is 24.8 Å². The van der Waals surface area contributed by atoms with Crippen molar-refractivity contribution in [3.63, 3.8) is 0 Å². The second-order valence-corrected chi connectivity index (χ2v) is 8.50. The Labute approximate surface area is 213 Å². The lowest BCUT2D eigenvalue weighted by atomic mass is 10.0. The Hall–Kier alpha value is -3.88. The van der Waals surface area contributed by atoms with Gasteiger partial charge in [0.25, 0.3) is 0 Å². The molecule has 6 nitrogen and oxygen atoms in total. The van der Waals surface area contributed by atoms with Gasteiger partial charge in [-0.25, -0.2) is 4.98 Å². The number of methoxy groups -OCH3 is 1. The third-order valence-corrected chi connectivity index (χ3v) is 5.71. The van der Waals surface area contributed by atoms with Crippen LogP contribution in [0.25, 0.3) is 0 Å². The van der Waals surface area contributed by atoms with Crippen LogP contribution in [0.2, 0.25) is 0 Å². The maximum Gasteiger partial charge on any atom is 0.417 e. The summed E-state index contributed by atoms with van der Waals surface area (Å²) in [6.07, 6.45) is -3.24. The number of benzene rings is 2. The van der Waals surface area contributed by atoms with Crippen LogP contribution in [0.4, 0.5) is 13.2 Å². The van der Waals surface area contributed by atoms with E-state index in [1.165, 1.54) is 19.2 Å². The summed E-state index contributed by atoms with van der Waals surface area (Å²) < 4.78 is 56.1. The van der Waals surface area contributed by atoms with E-state index in [1.807, 2.05) is 19.1 Å². The molecule has 0 aliphatic carbocycles. The van der Waals surface area contributed by atoms with Crippen molar-refractivity contribution in [3.8, 4) is 11.6 Å². The van der Waals surface area contributed by atoms with Crippen molar-refractivity contribution in [2.45, 2.75) is 45.4 Å². The Balaban J connectivity index is 1.64. The number of rotatable bonds is 11. The monoisotopic (exact) mass is 515 g/mol. The molecule has 0 amide bonds. The third kappa shape index (κ3) is 7.80. The summed E-state index contributed by atoms with van der Waals surface area (Å²) in [7, 11) is 1.35. The highest BCUT2D eigenvalue weighted by molar-refractivity contribution is 6.10. The average molecular weight is 516 g/mol. The van der Waals surface area contributed by atoms with E-state index in [0.29, 0.717) is 31.2 Å². The molecular weight excluding hydrogens is 487 g/mol. The van der Waals surface area contributed by atoms with Gasteiger partial charge < -0.3 is 14.2 Å². The van der Waals surface area contributed by atoms with Crippen LogP contribution in [-0.4, -0.2) is 36.6 Å². The number of esters is 1. The topological polar surface area (TPSA) is 74.7 Å². The molecule has 9 heteroatoms. The lowest BCUT2D eigenvalue weighted by Crippen LogP contribution is -2.19. The first-order valence-corrected chi connectivity index (χ1v) is 11.7. The minimum atomic E-state index is -4.65. The number of nitrogens with zero attached hydrogens (tertiary/aromatic N) is 1. The molecule has 0 radical (unpaired) electrons. The fourth-order valence-electron chi connectivity index (χ4n) is 3.58. The zero-order valence-electron chi connectivity index (χ0n) is 20.8. The highest BCUT2D eigenvalue weighted by atomic mass is 19.4. The second-order valence-electron chi connectivity index (χ2n) is 8.50. The summed E-state index contributed by atoms with van der Waals surface area (Å²) in [5, 5.41) is 0. The Kier molecular flexibility index (Phi) is 9.27. The van der Waals surface area contributed by atoms with Crippen LogP contribution < -0.4 is 9.47 Å². The molecule has 1 aromatic heterocycles. The van der Waals surface area contributed by atoms with Crippen LogP contribution in [0, 0.1) is 6.92 Å². The van der Waals surface area contributed by atoms with Gasteiger partial charge in [-0.15, -0.1) is 0 Å². The normalized spacial score (nSPS) is 12.1. The second kappa shape index (κ2) is 12.4. The zero-order valence-corrected chi connectivity index (χ0v) is 20.8. The Morgan fingerprint density at radius 3 is 2.43 bits per heavy atom. The molecule has 3 rings (SSSR count). The van der Waals surface area contributed by atoms with Crippen molar-refractivity contribution in [1.82, 2.24) is 4.98 Å². The molecule has 0 aliphatic heterocycles. The summed E-state index contributed by atoms with van der Waals surface area (Å²) in [5.74, 6) is -0.412. The number of hydrogen-bond acceptors (Lipinski definition) is 6. The van der Waals surface area contributed by atoms with Crippen molar-refractivity contribution in [1.29, 1.82) is 0 Å². The molecule has 1 heterocycles. The maximum absolute atomic E-state index is 13.3. The first-order valence-electron chi connectivity index (χ1n) is 11.7. The molecule has 37 heavy (non-hydrogen) atoms. The van der Waals surface area contributed by atoms with E-state index in [2.05, 4.69) is 9.72 Å². The van der Waals surface area contributed by atoms with Crippen LogP contribution in [0.5, 0.6) is 11.6 Å². The lowest BCUT2D eigenvalue weighted by Gasteiger charge is -2.18. The summed E-state index contributed by atoms with van der Waals surface area (Å²) in [6.45, 7) is 3.91. The molecule has 0 saturated carbocycles. The maximum atomic E-state index is 13.3. The molecule has 0 bridgehead atoms. The molecule has 0 unspecified atom stereocenters. The van der Waals surface area contributed by atoms with Gasteiger partial charge >= 0.3 is 12.1 Å². The van der Waals surface area contributed by atoms with Crippen molar-refractivity contribution >= 4 is 11.8 Å². The molecule has 3 aromatic rings. The molecule has 196 valence electrons. The minimum Gasteiger partial charge on any atom is -0.493 e. The summed E-state index contributed by atoms with van der Waals surface area (Å²) in [5.41, 5.74) is 0.935. The molecule has 0 aliphatic rings. The van der Waals surface area contributed by atoms with Crippen LogP contribution in [0.15, 0.2) is 60.8 Å². The number of hydrogen-bond donors (Lipinski definition) is 0. The number of halogens is 3. The van der Waals surface area contributed by atoms with E-state index in [4.69, 9.17) is 9.47 Å². The molecule has 0 saturated heterocycles. The van der Waals surface area contributed by atoms with Gasteiger partial charge in [-0.1, -0.05) is 36.4 Å². The van der Waals surface area contributed by atoms with E-state index >= 15 is 0 Å². The van der Waals surface area contributed by atoms with Crippen LogP contribution in [0.3, 0.4) is 0 Å². The number of ketones is 1. The molecule has 0 fully saturated rings. The van der Waals surface area contributed by atoms with Gasteiger partial charge in [-0.05, 0) is 49.6 Å². The van der Waals surface area contributed by atoms with Crippen LogP contribution in [0.1, 0.15) is 52.4 Å². The highest BCUT2D eigenvalue weighted by Crippen LogP contribution is 2.32. The third-order valence-electron chi connectivity index (χ3n) is 5.71. The molecule has 1 atom stereocenters. The number of aryl methyl sites for hydroxylation is 2. The van der Waals surface area contributed by atoms with Crippen molar-refractivity contribution in [2.24, 2.45) is 0 Å². The fourth-order valence-corrected chi connectivity index (χ4v) is 3.58. The van der Waals surface area contributed by atoms with Gasteiger partial charge in [0, 0.05) is 24.6 Å². The predicted molar refractivity (Wildman–Crippen MR) is 131 cm³/mol. The Morgan fingerprint density at radius 1 is 1.05 bits per heavy atom. The van der Waals surface area contributed by atoms with Gasteiger partial charge in [-0.3, -0.25) is 9.59 Å². The SMILES string of the molecule is COC(=O)CCc1ccc(OCC[C@H](C)Oc2ncc(C(F)(F)F)cc2C(=O)c2ccccc2)cc1C. The molecular formula is C28H28F3NO5. The minimum absolute atomic E-state index is 0.167. The Bertz CT molecular complexity index is 1230. The van der Waals surface area contributed by atoms with Crippen molar-refractivity contribution in [2.75, 3.05) is 13.7 Å². The van der Waals surface area contributed by atoms with E-state index in [1.54, 1.807) is 31.2 Å². The first-order chi connectivity index (χ1) is 17.6. The largest absolute Gasteiger partial charge is 0.493 e. The van der Waals surface area contributed by atoms with Crippen LogP contribution in [-0.2, 0) is 22.1 Å². The summed E-state index contributed by atoms with van der Waals surface area (Å²) in [6, 6.07) is 14.3. The van der Waals surface area contributed by atoms with Gasteiger partial charge in [0.1, 0.15) is 11.9 Å². The summed E-state index contributed by atoms with van der Waals surface area (Å²) in [4.78, 5) is 28.1. The first kappa shape index (κ1) is 27.7. The van der Waals surface area contributed by atoms with Gasteiger partial charge in [0.15, 0.2) is 5.78 Å². The number of ether oxygens (including phenoxy) is 3. The quantitative estimate of drug-likeness (QED) is 0.231. The van der Waals surface area contributed by atoms with E-state index in [0.717, 1.165) is 17.2 Å². The predicted octanol–water partition coefficient (Wildman–Crippen LogP) is 5.98. The average Bonchev–Trinajstić information content (AvgIpc) is 2.87. The number of alkyl halides is 3.